The molecule has 2 aliphatic heterocycles. The van der Waals surface area contributed by atoms with Crippen molar-refractivity contribution in [3.05, 3.63) is 48.3 Å². The Morgan fingerprint density at radius 1 is 1.03 bits per heavy atom. The number of alkyl halides is 6. The lowest BCUT2D eigenvalue weighted by atomic mass is 9.81. The van der Waals surface area contributed by atoms with Crippen LogP contribution in [0.25, 0.3) is 0 Å². The molecule has 4 heterocycles. The summed E-state index contributed by atoms with van der Waals surface area (Å²) in [7, 11) is 0. The van der Waals surface area contributed by atoms with Crippen LogP contribution >= 0.6 is 0 Å². The van der Waals surface area contributed by atoms with Crippen LogP contribution in [0.3, 0.4) is 0 Å². The Morgan fingerprint density at radius 2 is 1.53 bits per heavy atom. The highest BCUT2D eigenvalue weighted by Crippen LogP contribution is 2.41. The number of hydrogen-bond acceptors (Lipinski definition) is 8. The molecule has 0 aliphatic carbocycles. The molecule has 0 aromatic carbocycles. The number of carboxylic acids is 2. The number of carbonyl (C=O) groups is 2. The van der Waals surface area contributed by atoms with E-state index in [-0.39, 0.29) is 5.60 Å². The average Bonchev–Trinajstić information content (AvgIpc) is 3.23. The first kappa shape index (κ1) is 30.6. The predicted octanol–water partition coefficient (Wildman–Crippen LogP) is 3.09. The molecule has 0 bridgehead atoms. The molecule has 0 amide bonds. The minimum Gasteiger partial charge on any atom is -0.475 e. The van der Waals surface area contributed by atoms with Crippen molar-refractivity contribution in [1.82, 2.24) is 15.0 Å². The summed E-state index contributed by atoms with van der Waals surface area (Å²) in [5.41, 5.74) is 0.934. The number of aromatic nitrogens is 3. The number of aliphatic carboxylic acids is 2. The molecule has 1 spiro atoms. The highest BCUT2D eigenvalue weighted by molar-refractivity contribution is 5.73. The maximum absolute atomic E-state index is 12.9. The van der Waals surface area contributed by atoms with Gasteiger partial charge in [-0.1, -0.05) is 0 Å². The molecule has 17 heteroatoms. The Labute approximate surface area is 210 Å². The van der Waals surface area contributed by atoms with Crippen LogP contribution in [0.1, 0.15) is 12.0 Å². The van der Waals surface area contributed by atoms with Crippen molar-refractivity contribution < 1.29 is 60.0 Å². The molecule has 2 aromatic rings. The van der Waals surface area contributed by atoms with Gasteiger partial charge >= 0.3 is 24.3 Å². The van der Waals surface area contributed by atoms with Crippen molar-refractivity contribution >= 4 is 17.9 Å². The first-order chi connectivity index (χ1) is 17.6. The summed E-state index contributed by atoms with van der Waals surface area (Å²) in [5.74, 6) is -5.03. The van der Waals surface area contributed by atoms with Gasteiger partial charge in [0.15, 0.2) is 5.82 Å². The molecule has 4 rings (SSSR count). The van der Waals surface area contributed by atoms with Gasteiger partial charge in [0.2, 0.25) is 5.95 Å². The molecule has 2 N–H and O–H groups in total. The summed E-state index contributed by atoms with van der Waals surface area (Å²) < 4.78 is 88.3. The van der Waals surface area contributed by atoms with E-state index in [0.717, 1.165) is 31.7 Å². The second kappa shape index (κ2) is 12.8. The van der Waals surface area contributed by atoms with E-state index in [0.29, 0.717) is 25.1 Å². The van der Waals surface area contributed by atoms with E-state index in [1.165, 1.54) is 12.4 Å². The molecule has 210 valence electrons. The first-order valence-corrected chi connectivity index (χ1v) is 10.6. The Hall–Kier alpha value is -3.60. The molecule has 2 aliphatic rings. The molecule has 2 aromatic heterocycles. The van der Waals surface area contributed by atoms with E-state index in [1.807, 2.05) is 17.0 Å². The number of hydrogen-bond donors (Lipinski definition) is 2. The first-order valence-electron chi connectivity index (χ1n) is 10.6. The van der Waals surface area contributed by atoms with Crippen LogP contribution < -0.4 is 4.90 Å². The second-order valence-corrected chi connectivity index (χ2v) is 7.93. The number of rotatable bonds is 5. The number of halogens is 7. The van der Waals surface area contributed by atoms with Gasteiger partial charge in [0, 0.05) is 24.9 Å². The Bertz CT molecular complexity index is 1020. The van der Waals surface area contributed by atoms with Crippen LogP contribution in [0.5, 0.6) is 0 Å². The quantitative estimate of drug-likeness (QED) is 0.527. The van der Waals surface area contributed by atoms with Gasteiger partial charge in [0.25, 0.3) is 0 Å². The van der Waals surface area contributed by atoms with E-state index in [2.05, 4.69) is 15.0 Å². The monoisotopic (exact) mass is 558 g/mol. The molecule has 38 heavy (non-hydrogen) atoms. The number of nitrogens with zero attached hydrogens (tertiary/aromatic N) is 4. The van der Waals surface area contributed by atoms with Crippen molar-refractivity contribution in [3.63, 3.8) is 0 Å². The van der Waals surface area contributed by atoms with Gasteiger partial charge in [-0.2, -0.15) is 26.3 Å². The van der Waals surface area contributed by atoms with E-state index < -0.39 is 30.1 Å². The van der Waals surface area contributed by atoms with Gasteiger partial charge < -0.3 is 24.6 Å². The normalized spacial score (nSPS) is 18.0. The zero-order valence-corrected chi connectivity index (χ0v) is 19.2. The van der Waals surface area contributed by atoms with Crippen molar-refractivity contribution in [2.45, 2.75) is 31.0 Å². The fourth-order valence-electron chi connectivity index (χ4n) is 3.38. The van der Waals surface area contributed by atoms with Crippen LogP contribution in [-0.4, -0.2) is 81.4 Å². The Morgan fingerprint density at radius 3 is 2.00 bits per heavy atom. The largest absolute Gasteiger partial charge is 0.490 e. The van der Waals surface area contributed by atoms with E-state index in [1.54, 1.807) is 12.4 Å². The Balaban J connectivity index is 0.000000301. The minimum atomic E-state index is -5.08. The number of pyridine rings is 1. The maximum Gasteiger partial charge on any atom is 0.490 e. The van der Waals surface area contributed by atoms with Crippen molar-refractivity contribution in [2.24, 2.45) is 5.92 Å². The number of anilines is 1. The standard InChI is InChI=1S/C17H19FN4O2.2C2HF3O2/c18-15-7-20-16(21-8-15)22-11-17(12-22)14(3-6-24-17)10-23-9-13-1-4-19-5-2-13;2*3-2(4,5)1(6)7/h1-2,4-5,7-8,14H,3,6,9-12H2;2*(H,6,7). The van der Waals surface area contributed by atoms with Gasteiger partial charge in [-0.3, -0.25) is 4.98 Å². The van der Waals surface area contributed by atoms with Crippen LogP contribution in [0, 0.1) is 11.7 Å². The summed E-state index contributed by atoms with van der Waals surface area (Å²) >= 11 is 0. The van der Waals surface area contributed by atoms with Crippen LogP contribution in [0.4, 0.5) is 36.7 Å². The average molecular weight is 558 g/mol. The van der Waals surface area contributed by atoms with Crippen molar-refractivity contribution in [2.75, 3.05) is 31.2 Å². The summed E-state index contributed by atoms with van der Waals surface area (Å²) in [6.45, 7) is 3.45. The summed E-state index contributed by atoms with van der Waals surface area (Å²) in [5, 5.41) is 14.2. The molecule has 1 atom stereocenters. The molecular formula is C21H21F7N4O6. The molecule has 2 saturated heterocycles. The third kappa shape index (κ3) is 9.05. The van der Waals surface area contributed by atoms with E-state index >= 15 is 0 Å². The zero-order chi connectivity index (χ0) is 28.6. The molecule has 0 saturated carbocycles. The highest BCUT2D eigenvalue weighted by atomic mass is 19.4. The maximum atomic E-state index is 12.9. The molecule has 2 fully saturated rings. The topological polar surface area (TPSA) is 135 Å². The van der Waals surface area contributed by atoms with Gasteiger partial charge in [-0.05, 0) is 24.1 Å². The smallest absolute Gasteiger partial charge is 0.475 e. The molecule has 1 unspecified atom stereocenters. The lowest BCUT2D eigenvalue weighted by Gasteiger charge is -2.50. The van der Waals surface area contributed by atoms with Crippen molar-refractivity contribution in [1.29, 1.82) is 0 Å². The summed E-state index contributed by atoms with van der Waals surface area (Å²) in [4.78, 5) is 31.9. The van der Waals surface area contributed by atoms with Gasteiger partial charge in [0.05, 0.1) is 38.7 Å². The van der Waals surface area contributed by atoms with E-state index in [9.17, 15) is 30.7 Å². The van der Waals surface area contributed by atoms with Gasteiger partial charge in [0.1, 0.15) is 5.60 Å². The molecule has 10 nitrogen and oxygen atoms in total. The predicted molar refractivity (Wildman–Crippen MR) is 112 cm³/mol. The SMILES string of the molecule is Fc1cnc(N2CC3(C2)OCCC3COCc2ccncc2)nc1.O=C(O)C(F)(F)F.O=C(O)C(F)(F)F. The number of ether oxygens (including phenoxy) is 2. The van der Waals surface area contributed by atoms with Crippen LogP contribution in [-0.2, 0) is 25.7 Å². The summed E-state index contributed by atoms with van der Waals surface area (Å²) in [6.07, 6.45) is -3.25. The van der Waals surface area contributed by atoms with Crippen LogP contribution in [0.2, 0.25) is 0 Å². The van der Waals surface area contributed by atoms with Gasteiger partial charge in [-0.15, -0.1) is 0 Å². The fourth-order valence-corrected chi connectivity index (χ4v) is 3.38. The zero-order valence-electron chi connectivity index (χ0n) is 19.2. The van der Waals surface area contributed by atoms with Gasteiger partial charge in [-0.25, -0.2) is 23.9 Å². The van der Waals surface area contributed by atoms with Crippen molar-refractivity contribution in [3.8, 4) is 0 Å². The third-order valence-electron chi connectivity index (χ3n) is 5.23. The molecule has 0 radical (unpaired) electrons. The number of carboxylic acid groups (broad SMARTS) is 2. The molecular weight excluding hydrogens is 537 g/mol. The third-order valence-corrected chi connectivity index (χ3v) is 5.23. The minimum absolute atomic E-state index is 0.185. The summed E-state index contributed by atoms with van der Waals surface area (Å²) in [6, 6.07) is 3.91. The van der Waals surface area contributed by atoms with Crippen LogP contribution in [0.15, 0.2) is 36.9 Å². The van der Waals surface area contributed by atoms with E-state index in [4.69, 9.17) is 29.3 Å². The lowest BCUT2D eigenvalue weighted by Crippen LogP contribution is -2.66. The highest BCUT2D eigenvalue weighted by Gasteiger charge is 2.53. The fraction of sp³-hybridized carbons (Fsp3) is 0.476. The lowest BCUT2D eigenvalue weighted by molar-refractivity contribution is -0.193. The second-order valence-electron chi connectivity index (χ2n) is 7.93. The Kier molecular flexibility index (Phi) is 10.3.